The molecule has 0 bridgehead atoms. The van der Waals surface area contributed by atoms with Crippen LogP contribution in [-0.2, 0) is 0 Å². The van der Waals surface area contributed by atoms with E-state index in [9.17, 15) is 5.11 Å². The van der Waals surface area contributed by atoms with Gasteiger partial charge in [0.25, 0.3) is 5.22 Å². The van der Waals surface area contributed by atoms with Gasteiger partial charge in [-0.1, -0.05) is 11.8 Å². The summed E-state index contributed by atoms with van der Waals surface area (Å²) in [6, 6.07) is 7.07. The Morgan fingerprint density at radius 1 is 1.35 bits per heavy atom. The minimum Gasteiger partial charge on any atom is -0.491 e. The van der Waals surface area contributed by atoms with Crippen LogP contribution in [0.3, 0.4) is 0 Å². The number of hydrogen-bond acceptors (Lipinski definition) is 6. The van der Waals surface area contributed by atoms with Gasteiger partial charge in [0.05, 0.1) is 11.8 Å². The molecule has 1 aromatic carbocycles. The van der Waals surface area contributed by atoms with Gasteiger partial charge < -0.3 is 20.0 Å². The predicted molar refractivity (Wildman–Crippen MR) is 79.1 cm³/mol. The second-order valence-electron chi connectivity index (χ2n) is 4.47. The zero-order valence-electron chi connectivity index (χ0n) is 11.5. The summed E-state index contributed by atoms with van der Waals surface area (Å²) in [6.07, 6.45) is -0.593. The highest BCUT2D eigenvalue weighted by Crippen LogP contribution is 2.21. The van der Waals surface area contributed by atoms with Crippen LogP contribution in [0.4, 0.5) is 5.69 Å². The number of benzene rings is 1. The number of rotatable bonds is 6. The number of nitrogens with two attached hydrogens (primary N) is 1. The van der Waals surface area contributed by atoms with Crippen molar-refractivity contribution < 1.29 is 14.3 Å². The summed E-state index contributed by atoms with van der Waals surface area (Å²) in [5.41, 5.74) is 7.14. The quantitative estimate of drug-likeness (QED) is 0.629. The third kappa shape index (κ3) is 4.18. The molecule has 0 fully saturated rings. The molecule has 0 saturated heterocycles. The molecule has 5 nitrogen and oxygen atoms in total. The highest BCUT2D eigenvalue weighted by atomic mass is 32.2. The van der Waals surface area contributed by atoms with Gasteiger partial charge in [0.15, 0.2) is 0 Å². The normalized spacial score (nSPS) is 12.3. The van der Waals surface area contributed by atoms with E-state index in [1.54, 1.807) is 24.3 Å². The third-order valence-electron chi connectivity index (χ3n) is 2.73. The van der Waals surface area contributed by atoms with E-state index in [1.165, 1.54) is 11.8 Å². The minimum absolute atomic E-state index is 0.218. The van der Waals surface area contributed by atoms with E-state index in [1.807, 2.05) is 13.8 Å². The first-order valence-electron chi connectivity index (χ1n) is 6.28. The lowest BCUT2D eigenvalue weighted by atomic mass is 10.3. The van der Waals surface area contributed by atoms with Crippen molar-refractivity contribution in [1.82, 2.24) is 4.98 Å². The molecule has 0 aliphatic heterocycles. The highest BCUT2D eigenvalue weighted by Gasteiger charge is 2.11. The minimum atomic E-state index is -0.593. The molecular weight excluding hydrogens is 276 g/mol. The lowest BCUT2D eigenvalue weighted by Gasteiger charge is -2.11. The van der Waals surface area contributed by atoms with Crippen LogP contribution in [-0.4, -0.2) is 28.6 Å². The maximum absolute atomic E-state index is 9.86. The molecule has 0 saturated carbocycles. The summed E-state index contributed by atoms with van der Waals surface area (Å²) in [7, 11) is 0. The van der Waals surface area contributed by atoms with Gasteiger partial charge in [-0.15, -0.1) is 0 Å². The Morgan fingerprint density at radius 3 is 2.65 bits per heavy atom. The molecule has 0 radical (unpaired) electrons. The van der Waals surface area contributed by atoms with Crippen LogP contribution in [0.15, 0.2) is 33.9 Å². The third-order valence-corrected chi connectivity index (χ3v) is 3.70. The summed E-state index contributed by atoms with van der Waals surface area (Å²) >= 11 is 1.37. The van der Waals surface area contributed by atoms with Crippen molar-refractivity contribution in [2.24, 2.45) is 0 Å². The number of aryl methyl sites for hydroxylation is 2. The van der Waals surface area contributed by atoms with Crippen molar-refractivity contribution in [3.8, 4) is 5.75 Å². The van der Waals surface area contributed by atoms with Crippen molar-refractivity contribution in [2.45, 2.75) is 25.2 Å². The van der Waals surface area contributed by atoms with E-state index >= 15 is 0 Å². The van der Waals surface area contributed by atoms with E-state index in [2.05, 4.69) is 4.98 Å². The molecule has 1 unspecified atom stereocenters. The van der Waals surface area contributed by atoms with Gasteiger partial charge in [-0.25, -0.2) is 4.98 Å². The first kappa shape index (κ1) is 14.7. The van der Waals surface area contributed by atoms with Crippen LogP contribution in [0.25, 0.3) is 0 Å². The molecule has 1 heterocycles. The number of aliphatic hydroxyl groups excluding tert-OH is 1. The van der Waals surface area contributed by atoms with Crippen LogP contribution >= 0.6 is 11.8 Å². The smallest absolute Gasteiger partial charge is 0.256 e. The summed E-state index contributed by atoms with van der Waals surface area (Å²) in [5, 5.41) is 10.4. The average Bonchev–Trinajstić information content (AvgIpc) is 2.75. The lowest BCUT2D eigenvalue weighted by molar-refractivity contribution is 0.126. The molecule has 3 N–H and O–H groups in total. The summed E-state index contributed by atoms with van der Waals surface area (Å²) < 4.78 is 10.9. The van der Waals surface area contributed by atoms with Crippen molar-refractivity contribution in [3.63, 3.8) is 0 Å². The van der Waals surface area contributed by atoms with Gasteiger partial charge in [-0.3, -0.25) is 0 Å². The van der Waals surface area contributed by atoms with Crippen LogP contribution in [0, 0.1) is 13.8 Å². The number of ether oxygens (including phenoxy) is 1. The van der Waals surface area contributed by atoms with Gasteiger partial charge in [0, 0.05) is 11.4 Å². The summed E-state index contributed by atoms with van der Waals surface area (Å²) in [5.74, 6) is 1.96. The number of aliphatic hydroxyl groups is 1. The Morgan fingerprint density at radius 2 is 2.05 bits per heavy atom. The molecule has 0 aliphatic carbocycles. The van der Waals surface area contributed by atoms with E-state index < -0.39 is 6.10 Å². The topological polar surface area (TPSA) is 81.5 Å². The first-order chi connectivity index (χ1) is 9.54. The summed E-state index contributed by atoms with van der Waals surface area (Å²) in [4.78, 5) is 4.24. The molecule has 20 heavy (non-hydrogen) atoms. The maximum Gasteiger partial charge on any atom is 0.256 e. The second-order valence-corrected chi connectivity index (χ2v) is 5.44. The fourth-order valence-corrected chi connectivity index (χ4v) is 2.29. The first-order valence-corrected chi connectivity index (χ1v) is 7.26. The zero-order valence-corrected chi connectivity index (χ0v) is 12.3. The molecule has 0 aliphatic rings. The van der Waals surface area contributed by atoms with Crippen molar-refractivity contribution in [1.29, 1.82) is 0 Å². The summed E-state index contributed by atoms with van der Waals surface area (Å²) in [6.45, 7) is 3.98. The Labute approximate surface area is 122 Å². The van der Waals surface area contributed by atoms with E-state index in [0.717, 1.165) is 11.5 Å². The van der Waals surface area contributed by atoms with Gasteiger partial charge >= 0.3 is 0 Å². The second kappa shape index (κ2) is 6.67. The van der Waals surface area contributed by atoms with Crippen LogP contribution in [0.2, 0.25) is 0 Å². The zero-order chi connectivity index (χ0) is 14.5. The Kier molecular flexibility index (Phi) is 4.92. The Hall–Kier alpha value is -1.66. The van der Waals surface area contributed by atoms with Crippen LogP contribution < -0.4 is 10.5 Å². The molecule has 1 aromatic heterocycles. The standard InChI is InChI=1S/C14H18N2O3S/c1-9-10(2)19-14(16-9)20-8-12(17)7-18-13-5-3-11(15)4-6-13/h3-6,12,17H,7-8,15H2,1-2H3. The van der Waals surface area contributed by atoms with Crippen LogP contribution in [0.5, 0.6) is 5.75 Å². The van der Waals surface area contributed by atoms with Gasteiger partial charge in [0.1, 0.15) is 18.1 Å². The SMILES string of the molecule is Cc1nc(SCC(O)COc2ccc(N)cc2)oc1C. The van der Waals surface area contributed by atoms with E-state index in [4.69, 9.17) is 14.9 Å². The molecule has 2 aromatic rings. The Balaban J connectivity index is 1.75. The average molecular weight is 294 g/mol. The molecule has 6 heteroatoms. The molecule has 1 atom stereocenters. The molecule has 0 amide bonds. The molecule has 2 rings (SSSR count). The van der Waals surface area contributed by atoms with E-state index in [0.29, 0.717) is 22.4 Å². The van der Waals surface area contributed by atoms with Crippen molar-refractivity contribution in [2.75, 3.05) is 18.1 Å². The number of thioether (sulfide) groups is 1. The fourth-order valence-electron chi connectivity index (χ4n) is 1.48. The Bertz CT molecular complexity index is 535. The van der Waals surface area contributed by atoms with Crippen LogP contribution in [0.1, 0.15) is 11.5 Å². The van der Waals surface area contributed by atoms with Crippen molar-refractivity contribution in [3.05, 3.63) is 35.7 Å². The highest BCUT2D eigenvalue weighted by molar-refractivity contribution is 7.99. The maximum atomic E-state index is 9.86. The van der Waals surface area contributed by atoms with Gasteiger partial charge in [-0.2, -0.15) is 0 Å². The van der Waals surface area contributed by atoms with Crippen molar-refractivity contribution >= 4 is 17.4 Å². The molecule has 0 spiro atoms. The number of oxazole rings is 1. The largest absolute Gasteiger partial charge is 0.491 e. The number of aromatic nitrogens is 1. The monoisotopic (exact) mass is 294 g/mol. The lowest BCUT2D eigenvalue weighted by Crippen LogP contribution is -2.20. The number of hydrogen-bond donors (Lipinski definition) is 2. The fraction of sp³-hybridized carbons (Fsp3) is 0.357. The van der Waals surface area contributed by atoms with Gasteiger partial charge in [-0.05, 0) is 38.1 Å². The number of nitrogen functional groups attached to an aromatic ring is 1. The van der Waals surface area contributed by atoms with E-state index in [-0.39, 0.29) is 6.61 Å². The molecular formula is C14H18N2O3S. The number of nitrogens with zero attached hydrogens (tertiary/aromatic N) is 1. The molecule has 108 valence electrons. The van der Waals surface area contributed by atoms with Gasteiger partial charge in [0.2, 0.25) is 0 Å². The number of anilines is 1. The predicted octanol–water partition coefficient (Wildman–Crippen LogP) is 2.41.